The van der Waals surface area contributed by atoms with Crippen LogP contribution in [0, 0.1) is 0 Å². The number of rotatable bonds is 3. The molecule has 0 amide bonds. The molecular formula is C10H13AsO2. The summed E-state index contributed by atoms with van der Waals surface area (Å²) in [4.78, 5) is 10.7. The van der Waals surface area contributed by atoms with E-state index in [2.05, 4.69) is 11.4 Å². The minimum atomic E-state index is -0.840. The first-order valence-electron chi connectivity index (χ1n) is 4.06. The second-order valence-corrected chi connectivity index (χ2v) is 8.44. The monoisotopic (exact) mass is 240 g/mol. The first-order chi connectivity index (χ1) is 6.09. The Morgan fingerprint density at radius 2 is 2.15 bits per heavy atom. The topological polar surface area (TPSA) is 37.3 Å². The molecule has 0 unspecified atom stereocenters. The third kappa shape index (κ3) is 3.23. The van der Waals surface area contributed by atoms with Gasteiger partial charge in [0.15, 0.2) is 0 Å². The molecule has 13 heavy (non-hydrogen) atoms. The van der Waals surface area contributed by atoms with Crippen LogP contribution in [0.25, 0.3) is 0 Å². The molecule has 0 saturated carbocycles. The van der Waals surface area contributed by atoms with Crippen LogP contribution in [0.4, 0.5) is 0 Å². The van der Waals surface area contributed by atoms with Crippen molar-refractivity contribution in [3.8, 4) is 0 Å². The summed E-state index contributed by atoms with van der Waals surface area (Å²) in [6.45, 7) is 0. The molecule has 0 spiro atoms. The zero-order valence-electron chi connectivity index (χ0n) is 7.82. The van der Waals surface area contributed by atoms with E-state index in [1.165, 1.54) is 0 Å². The molecule has 1 rings (SSSR count). The van der Waals surface area contributed by atoms with Crippen LogP contribution in [0.15, 0.2) is 24.3 Å². The summed E-state index contributed by atoms with van der Waals surface area (Å²) in [6, 6.07) is 7.23. The van der Waals surface area contributed by atoms with Crippen LogP contribution in [0.1, 0.15) is 15.9 Å². The van der Waals surface area contributed by atoms with Gasteiger partial charge in [-0.2, -0.15) is 0 Å². The SMILES string of the molecule is C[As](C)Cc1cccc(C(=O)O)c1. The zero-order chi connectivity index (χ0) is 9.84. The third-order valence-electron chi connectivity index (χ3n) is 1.67. The van der Waals surface area contributed by atoms with Crippen molar-refractivity contribution < 1.29 is 9.90 Å². The van der Waals surface area contributed by atoms with Crippen molar-refractivity contribution in [2.75, 3.05) is 0 Å². The molecule has 0 saturated heterocycles. The van der Waals surface area contributed by atoms with Crippen LogP contribution in [0.3, 0.4) is 0 Å². The summed E-state index contributed by atoms with van der Waals surface area (Å²) in [5.74, 6) is -0.840. The van der Waals surface area contributed by atoms with E-state index in [0.717, 1.165) is 10.8 Å². The van der Waals surface area contributed by atoms with Crippen LogP contribution < -0.4 is 0 Å². The molecule has 0 heterocycles. The van der Waals surface area contributed by atoms with Gasteiger partial charge < -0.3 is 0 Å². The summed E-state index contributed by atoms with van der Waals surface area (Å²) in [7, 11) is 0. The minimum absolute atomic E-state index is 0.397. The Balaban J connectivity index is 2.85. The zero-order valence-corrected chi connectivity index (χ0v) is 9.70. The number of carboxylic acids is 1. The Morgan fingerprint density at radius 1 is 1.46 bits per heavy atom. The molecule has 0 aromatic heterocycles. The first kappa shape index (κ1) is 10.3. The Hall–Kier alpha value is -0.752. The summed E-state index contributed by atoms with van der Waals surface area (Å²) < 4.78 is 0. The van der Waals surface area contributed by atoms with Crippen molar-refractivity contribution in [2.45, 2.75) is 16.6 Å². The van der Waals surface area contributed by atoms with Gasteiger partial charge in [0.2, 0.25) is 0 Å². The number of benzene rings is 1. The standard InChI is InChI=1S/C10H13AsO2/c1-11(2)7-8-4-3-5-9(6-8)10(12)13/h3-6H,7H2,1-2H3,(H,12,13). The molecule has 0 fully saturated rings. The fourth-order valence-corrected chi connectivity index (χ4v) is 3.11. The van der Waals surface area contributed by atoms with Crippen molar-refractivity contribution in [2.24, 2.45) is 0 Å². The second-order valence-electron chi connectivity index (χ2n) is 3.24. The molecule has 0 aliphatic carbocycles. The molecule has 0 atom stereocenters. The van der Waals surface area contributed by atoms with Gasteiger partial charge in [-0.3, -0.25) is 0 Å². The second kappa shape index (κ2) is 4.47. The van der Waals surface area contributed by atoms with Gasteiger partial charge in [-0.15, -0.1) is 0 Å². The number of carboxylic acid groups (broad SMARTS) is 1. The third-order valence-corrected chi connectivity index (χ3v) is 3.77. The molecule has 70 valence electrons. The van der Waals surface area contributed by atoms with Gasteiger partial charge in [-0.25, -0.2) is 0 Å². The Kier molecular flexibility index (Phi) is 3.56. The van der Waals surface area contributed by atoms with E-state index in [1.54, 1.807) is 12.1 Å². The Bertz CT molecular complexity index is 308. The fourth-order valence-electron chi connectivity index (χ4n) is 1.17. The maximum absolute atomic E-state index is 10.7. The molecule has 1 aromatic rings. The van der Waals surface area contributed by atoms with Crippen LogP contribution in [0.5, 0.6) is 0 Å². The Morgan fingerprint density at radius 3 is 2.69 bits per heavy atom. The number of hydrogen-bond donors (Lipinski definition) is 1. The van der Waals surface area contributed by atoms with Crippen molar-refractivity contribution in [1.82, 2.24) is 0 Å². The Labute approximate surface area is 82.8 Å². The molecule has 1 aromatic carbocycles. The average molecular weight is 240 g/mol. The van der Waals surface area contributed by atoms with E-state index in [9.17, 15) is 4.79 Å². The van der Waals surface area contributed by atoms with Gasteiger partial charge in [0.25, 0.3) is 0 Å². The molecule has 0 aliphatic heterocycles. The van der Waals surface area contributed by atoms with Crippen molar-refractivity contribution >= 4 is 20.6 Å². The van der Waals surface area contributed by atoms with Gasteiger partial charge in [0.1, 0.15) is 0 Å². The normalized spacial score (nSPS) is 10.4. The van der Waals surface area contributed by atoms with Crippen LogP contribution in [-0.2, 0) is 5.21 Å². The van der Waals surface area contributed by atoms with Gasteiger partial charge in [0.05, 0.1) is 0 Å². The van der Waals surface area contributed by atoms with Crippen LogP contribution in [-0.4, -0.2) is 25.7 Å². The summed E-state index contributed by atoms with van der Waals surface area (Å²) in [5, 5.41) is 9.83. The van der Waals surface area contributed by atoms with Gasteiger partial charge in [-0.1, -0.05) is 0 Å². The predicted octanol–water partition coefficient (Wildman–Crippen LogP) is 2.22. The van der Waals surface area contributed by atoms with E-state index < -0.39 is 20.6 Å². The van der Waals surface area contributed by atoms with E-state index in [0.29, 0.717) is 5.56 Å². The van der Waals surface area contributed by atoms with Crippen LogP contribution in [0.2, 0.25) is 11.4 Å². The van der Waals surface area contributed by atoms with Gasteiger partial charge in [-0.05, 0) is 0 Å². The van der Waals surface area contributed by atoms with Gasteiger partial charge >= 0.3 is 82.5 Å². The molecule has 0 radical (unpaired) electrons. The first-order valence-corrected chi connectivity index (χ1v) is 9.14. The molecular weight excluding hydrogens is 227 g/mol. The quantitative estimate of drug-likeness (QED) is 0.822. The molecule has 2 nitrogen and oxygen atoms in total. The fraction of sp³-hybridized carbons (Fsp3) is 0.300. The van der Waals surface area contributed by atoms with E-state index in [1.807, 2.05) is 12.1 Å². The van der Waals surface area contributed by atoms with Gasteiger partial charge in [0, 0.05) is 0 Å². The van der Waals surface area contributed by atoms with Crippen molar-refractivity contribution in [3.63, 3.8) is 0 Å². The van der Waals surface area contributed by atoms with E-state index >= 15 is 0 Å². The molecule has 0 aliphatic rings. The number of aromatic carboxylic acids is 1. The summed E-state index contributed by atoms with van der Waals surface area (Å²) in [5.41, 5.74) is 6.08. The maximum atomic E-state index is 10.7. The summed E-state index contributed by atoms with van der Waals surface area (Å²) in [6.07, 6.45) is 0. The number of carbonyl (C=O) groups is 1. The number of hydrogen-bond acceptors (Lipinski definition) is 1. The molecule has 0 bridgehead atoms. The van der Waals surface area contributed by atoms with Crippen LogP contribution >= 0.6 is 0 Å². The summed E-state index contributed by atoms with van der Waals surface area (Å²) >= 11 is -0.702. The molecule has 1 N–H and O–H groups in total. The predicted molar refractivity (Wildman–Crippen MR) is 54.6 cm³/mol. The van der Waals surface area contributed by atoms with Crippen molar-refractivity contribution in [3.05, 3.63) is 35.4 Å². The van der Waals surface area contributed by atoms with Crippen molar-refractivity contribution in [1.29, 1.82) is 0 Å². The molecule has 3 heteroatoms. The average Bonchev–Trinajstić information content (AvgIpc) is 2.03. The van der Waals surface area contributed by atoms with E-state index in [4.69, 9.17) is 5.11 Å². The van der Waals surface area contributed by atoms with E-state index in [-0.39, 0.29) is 0 Å².